The number of nitrogens with one attached hydrogen (secondary N) is 2. The highest BCUT2D eigenvalue weighted by molar-refractivity contribution is 7.98. The Balaban J connectivity index is 0.00000180. The average molecular weight is 301 g/mol. The summed E-state index contributed by atoms with van der Waals surface area (Å²) in [6.45, 7) is 2.55. The first-order valence-electron chi connectivity index (χ1n) is 6.41. The lowest BCUT2D eigenvalue weighted by Crippen LogP contribution is -2.37. The van der Waals surface area contributed by atoms with Gasteiger partial charge in [0.1, 0.15) is 0 Å². The van der Waals surface area contributed by atoms with Crippen molar-refractivity contribution >= 4 is 30.1 Å². The van der Waals surface area contributed by atoms with Crippen molar-refractivity contribution in [2.75, 3.05) is 19.3 Å². The third-order valence-corrected chi connectivity index (χ3v) is 4.08. The van der Waals surface area contributed by atoms with Crippen LogP contribution in [0.4, 0.5) is 0 Å². The van der Waals surface area contributed by atoms with Gasteiger partial charge in [0, 0.05) is 17.4 Å². The van der Waals surface area contributed by atoms with E-state index in [1.54, 1.807) is 11.8 Å². The molecule has 2 rings (SSSR count). The van der Waals surface area contributed by atoms with Gasteiger partial charge < -0.3 is 10.6 Å². The number of carbonyl (C=O) groups excluding carboxylic acids is 1. The van der Waals surface area contributed by atoms with Crippen LogP contribution in [0.1, 0.15) is 18.4 Å². The number of carbonyl (C=O) groups is 1. The Bertz CT molecular complexity index is 391. The van der Waals surface area contributed by atoms with E-state index in [0.29, 0.717) is 6.54 Å². The molecule has 1 aromatic rings. The van der Waals surface area contributed by atoms with Crippen molar-refractivity contribution in [1.29, 1.82) is 0 Å². The molecule has 0 bridgehead atoms. The third-order valence-electron chi connectivity index (χ3n) is 3.34. The first kappa shape index (κ1) is 16.3. The Morgan fingerprint density at radius 1 is 1.32 bits per heavy atom. The molecule has 0 aliphatic carbocycles. The van der Waals surface area contributed by atoms with Crippen LogP contribution in [0.5, 0.6) is 0 Å². The van der Waals surface area contributed by atoms with Gasteiger partial charge in [0.15, 0.2) is 0 Å². The van der Waals surface area contributed by atoms with Crippen LogP contribution in [-0.4, -0.2) is 25.3 Å². The Morgan fingerprint density at radius 2 is 1.95 bits per heavy atom. The van der Waals surface area contributed by atoms with E-state index >= 15 is 0 Å². The Hall–Kier alpha value is -0.710. The molecule has 1 amide bonds. The highest BCUT2D eigenvalue weighted by atomic mass is 35.5. The molecule has 1 aliphatic heterocycles. The normalized spacial score (nSPS) is 15.6. The van der Waals surface area contributed by atoms with Gasteiger partial charge in [0.25, 0.3) is 0 Å². The van der Waals surface area contributed by atoms with Crippen LogP contribution in [-0.2, 0) is 11.3 Å². The second kappa shape index (κ2) is 8.46. The fraction of sp³-hybridized carbons (Fsp3) is 0.500. The van der Waals surface area contributed by atoms with Gasteiger partial charge in [-0.1, -0.05) is 12.1 Å². The predicted molar refractivity (Wildman–Crippen MR) is 82.9 cm³/mol. The van der Waals surface area contributed by atoms with Crippen LogP contribution in [0.2, 0.25) is 0 Å². The van der Waals surface area contributed by atoms with E-state index < -0.39 is 0 Å². The van der Waals surface area contributed by atoms with Crippen molar-refractivity contribution in [3.05, 3.63) is 29.8 Å². The largest absolute Gasteiger partial charge is 0.352 e. The summed E-state index contributed by atoms with van der Waals surface area (Å²) in [6.07, 6.45) is 3.97. The maximum absolute atomic E-state index is 12.0. The van der Waals surface area contributed by atoms with Gasteiger partial charge in [-0.15, -0.1) is 24.2 Å². The van der Waals surface area contributed by atoms with E-state index in [-0.39, 0.29) is 24.2 Å². The average Bonchev–Trinajstić information content (AvgIpc) is 2.46. The number of benzene rings is 1. The molecule has 0 spiro atoms. The standard InChI is InChI=1S/C14H20N2OS.ClH/c1-18-13-4-2-11(3-5-13)10-16-14(17)12-6-8-15-9-7-12;/h2-5,12,15H,6-10H2,1H3,(H,16,17);1H. The van der Waals surface area contributed by atoms with E-state index in [1.165, 1.54) is 4.90 Å². The van der Waals surface area contributed by atoms with Crippen molar-refractivity contribution in [2.45, 2.75) is 24.3 Å². The minimum Gasteiger partial charge on any atom is -0.352 e. The SMILES string of the molecule is CSc1ccc(CNC(=O)C2CCNCC2)cc1.Cl. The van der Waals surface area contributed by atoms with Gasteiger partial charge >= 0.3 is 0 Å². The summed E-state index contributed by atoms with van der Waals surface area (Å²) in [5.74, 6) is 0.391. The smallest absolute Gasteiger partial charge is 0.223 e. The van der Waals surface area contributed by atoms with Crippen molar-refractivity contribution in [3.8, 4) is 0 Å². The maximum atomic E-state index is 12.0. The second-order valence-electron chi connectivity index (χ2n) is 4.59. The number of thioether (sulfide) groups is 1. The Morgan fingerprint density at radius 3 is 2.53 bits per heavy atom. The number of hydrogen-bond acceptors (Lipinski definition) is 3. The van der Waals surface area contributed by atoms with Crippen molar-refractivity contribution in [1.82, 2.24) is 10.6 Å². The Kier molecular flexibility index (Phi) is 7.28. The van der Waals surface area contributed by atoms with Gasteiger partial charge in [0.05, 0.1) is 0 Å². The number of amides is 1. The fourth-order valence-electron chi connectivity index (χ4n) is 2.16. The minimum absolute atomic E-state index is 0. The van der Waals surface area contributed by atoms with Gasteiger partial charge in [-0.05, 0) is 49.9 Å². The molecule has 1 saturated heterocycles. The van der Waals surface area contributed by atoms with Crippen molar-refractivity contribution in [3.63, 3.8) is 0 Å². The highest BCUT2D eigenvalue weighted by Crippen LogP contribution is 2.15. The predicted octanol–water partition coefficient (Wildman–Crippen LogP) is 2.45. The van der Waals surface area contributed by atoms with Crippen LogP contribution < -0.4 is 10.6 Å². The first-order valence-corrected chi connectivity index (χ1v) is 7.63. The molecular weight excluding hydrogens is 280 g/mol. The Labute approximate surface area is 125 Å². The monoisotopic (exact) mass is 300 g/mol. The molecule has 106 valence electrons. The zero-order valence-electron chi connectivity index (χ0n) is 11.1. The summed E-state index contributed by atoms with van der Waals surface area (Å²) in [5, 5.41) is 6.31. The lowest BCUT2D eigenvalue weighted by Gasteiger charge is -2.21. The summed E-state index contributed by atoms with van der Waals surface area (Å²) >= 11 is 1.73. The van der Waals surface area contributed by atoms with Crippen LogP contribution in [0, 0.1) is 5.92 Å². The third kappa shape index (κ3) is 5.05. The lowest BCUT2D eigenvalue weighted by atomic mass is 9.97. The lowest BCUT2D eigenvalue weighted by molar-refractivity contribution is -0.125. The molecule has 3 nitrogen and oxygen atoms in total. The molecule has 0 unspecified atom stereocenters. The van der Waals surface area contributed by atoms with Gasteiger partial charge in [-0.25, -0.2) is 0 Å². The van der Waals surface area contributed by atoms with Crippen molar-refractivity contribution in [2.24, 2.45) is 5.92 Å². The zero-order chi connectivity index (χ0) is 12.8. The molecule has 1 fully saturated rings. The molecule has 0 radical (unpaired) electrons. The highest BCUT2D eigenvalue weighted by Gasteiger charge is 2.20. The summed E-state index contributed by atoms with van der Waals surface area (Å²) in [4.78, 5) is 13.2. The number of rotatable bonds is 4. The van der Waals surface area contributed by atoms with E-state index in [4.69, 9.17) is 0 Å². The van der Waals surface area contributed by atoms with E-state index in [1.807, 2.05) is 0 Å². The van der Waals surface area contributed by atoms with Crippen molar-refractivity contribution < 1.29 is 4.79 Å². The number of halogens is 1. The first-order chi connectivity index (χ1) is 8.79. The van der Waals surface area contributed by atoms with E-state index in [9.17, 15) is 4.79 Å². The summed E-state index contributed by atoms with van der Waals surface area (Å²) < 4.78 is 0. The van der Waals surface area contributed by atoms with Crippen LogP contribution in [0.15, 0.2) is 29.2 Å². The van der Waals surface area contributed by atoms with Crippen LogP contribution in [0.25, 0.3) is 0 Å². The fourth-order valence-corrected chi connectivity index (χ4v) is 2.57. The molecule has 5 heteroatoms. The quantitative estimate of drug-likeness (QED) is 0.839. The molecule has 2 N–H and O–H groups in total. The molecule has 1 aliphatic rings. The molecule has 0 saturated carbocycles. The second-order valence-corrected chi connectivity index (χ2v) is 5.47. The molecule has 1 heterocycles. The summed E-state index contributed by atoms with van der Waals surface area (Å²) in [7, 11) is 0. The zero-order valence-corrected chi connectivity index (χ0v) is 12.8. The molecule has 0 atom stereocenters. The van der Waals surface area contributed by atoms with Gasteiger partial charge in [-0.2, -0.15) is 0 Å². The number of hydrogen-bond donors (Lipinski definition) is 2. The molecular formula is C14H21ClN2OS. The molecule has 0 aromatic heterocycles. The van der Waals surface area contributed by atoms with E-state index in [2.05, 4.69) is 41.2 Å². The minimum atomic E-state index is 0. The summed E-state index contributed by atoms with van der Waals surface area (Å²) in [5.41, 5.74) is 1.16. The topological polar surface area (TPSA) is 41.1 Å². The molecule has 19 heavy (non-hydrogen) atoms. The summed E-state index contributed by atoms with van der Waals surface area (Å²) in [6, 6.07) is 8.34. The van der Waals surface area contributed by atoms with Crippen LogP contribution >= 0.6 is 24.2 Å². The van der Waals surface area contributed by atoms with Gasteiger partial charge in [0.2, 0.25) is 5.91 Å². The number of piperidine rings is 1. The van der Waals surface area contributed by atoms with E-state index in [0.717, 1.165) is 31.5 Å². The van der Waals surface area contributed by atoms with Gasteiger partial charge in [-0.3, -0.25) is 4.79 Å². The molecule has 1 aromatic carbocycles. The van der Waals surface area contributed by atoms with Crippen LogP contribution in [0.3, 0.4) is 0 Å². The maximum Gasteiger partial charge on any atom is 0.223 e.